The molecule has 0 bridgehead atoms. The summed E-state index contributed by atoms with van der Waals surface area (Å²) in [6.45, 7) is 8.29. The lowest BCUT2D eigenvalue weighted by Gasteiger charge is -2.32. The number of halogens is 1. The topological polar surface area (TPSA) is 147 Å². The van der Waals surface area contributed by atoms with Gasteiger partial charge in [0.2, 0.25) is 0 Å². The van der Waals surface area contributed by atoms with Crippen molar-refractivity contribution in [3.05, 3.63) is 454 Å². The number of benzene rings is 16. The molecular weight excluding hydrogens is 1610 g/mol. The Bertz CT molecular complexity index is 7320. The molecule has 16 aromatic carbocycles. The van der Waals surface area contributed by atoms with Crippen molar-refractivity contribution in [2.24, 2.45) is 0 Å². The highest BCUT2D eigenvalue weighted by molar-refractivity contribution is 6.62. The summed E-state index contributed by atoms with van der Waals surface area (Å²) >= 11 is 6.23. The second-order valence-corrected chi connectivity index (χ2v) is 33.1. The normalized spacial score (nSPS) is 12.4. The number of aromatic nitrogens is 10. The van der Waals surface area contributed by atoms with Crippen molar-refractivity contribution < 1.29 is 9.31 Å². The molecule has 20 aromatic rings. The Hall–Kier alpha value is -16.0. The fourth-order valence-corrected chi connectivity index (χ4v) is 15.8. The molecule has 0 atom stereocenters. The first-order chi connectivity index (χ1) is 63.7. The highest BCUT2D eigenvalue weighted by Gasteiger charge is 2.52. The molecule has 5 heterocycles. The van der Waals surface area contributed by atoms with Gasteiger partial charge >= 0.3 is 7.12 Å². The Labute approximate surface area is 762 Å². The minimum atomic E-state index is -0.435. The molecular formula is C116H86BClN10O2. The van der Waals surface area contributed by atoms with E-state index < -0.39 is 18.3 Å². The van der Waals surface area contributed by atoms with Crippen molar-refractivity contribution in [3.8, 4) is 192 Å². The summed E-state index contributed by atoms with van der Waals surface area (Å²) in [5, 5.41) is 0.645. The van der Waals surface area contributed by atoms with Gasteiger partial charge in [0.15, 0.2) is 46.6 Å². The standard InChI is InChI=1S/C55H37N5.C34H31BN2O2.C27H18ClN3/c1-5-16-38(17-6-1)40-30-32-41(33-31-40)50-37-51(57-52(56-50)42-20-9-3-10-21-42)47-27-13-25-45(34-47)46-26-15-29-49(36-46)55-59-53(43-22-11-4-12-23-43)58-54(60-55)48-28-14-24-44(35-48)39-18-7-2-8-19-39;1-33(2)34(3,4)39-35(38-33)29-17-11-16-28(22-29)31-23-30(36-32(37-31)27-14-9-6-10-15-27)26-20-18-25(19-21-26)24-12-7-5-8-13-24;28-24-16-8-15-23(18-24)27-30-25(20-11-5-2-6-12-20)29-26(31-27)22-14-7-13-21(17-22)19-9-3-1-4-10-19/h1-37H;5-23H,1-4H3;1-18H. The van der Waals surface area contributed by atoms with Gasteiger partial charge in [-0.1, -0.05) is 412 Å². The third kappa shape index (κ3) is 19.3. The first-order valence-corrected chi connectivity index (χ1v) is 43.7. The van der Waals surface area contributed by atoms with Crippen LogP contribution in [0.5, 0.6) is 0 Å². The van der Waals surface area contributed by atoms with Crippen LogP contribution in [0.3, 0.4) is 0 Å². The molecule has 0 aliphatic carbocycles. The Kier molecular flexibility index (Phi) is 24.4. The van der Waals surface area contributed by atoms with Gasteiger partial charge < -0.3 is 9.31 Å². The maximum Gasteiger partial charge on any atom is 0.494 e. The second-order valence-electron chi connectivity index (χ2n) is 32.7. The van der Waals surface area contributed by atoms with Gasteiger partial charge in [-0.25, -0.2) is 49.8 Å². The summed E-state index contributed by atoms with van der Waals surface area (Å²) in [6, 6.07) is 153. The molecule has 1 fully saturated rings. The summed E-state index contributed by atoms with van der Waals surface area (Å²) in [6.07, 6.45) is 0. The Morgan fingerprint density at radius 1 is 0.169 bits per heavy atom. The van der Waals surface area contributed by atoms with E-state index in [0.717, 1.165) is 134 Å². The van der Waals surface area contributed by atoms with E-state index in [2.05, 4.69) is 282 Å². The lowest BCUT2D eigenvalue weighted by atomic mass is 9.78. The van der Waals surface area contributed by atoms with Crippen LogP contribution in [0.15, 0.2) is 449 Å². The van der Waals surface area contributed by atoms with Gasteiger partial charge in [0.25, 0.3) is 0 Å². The van der Waals surface area contributed by atoms with Gasteiger partial charge in [-0.2, -0.15) is 0 Å². The third-order valence-electron chi connectivity index (χ3n) is 23.3. The number of hydrogen-bond acceptors (Lipinski definition) is 12. The molecule has 0 amide bonds. The summed E-state index contributed by atoms with van der Waals surface area (Å²) in [5.74, 6) is 5.06. The molecule has 1 saturated heterocycles. The molecule has 622 valence electrons. The molecule has 12 nitrogen and oxygen atoms in total. The molecule has 14 heteroatoms. The van der Waals surface area contributed by atoms with Gasteiger partial charge in [-0.05, 0) is 143 Å². The lowest BCUT2D eigenvalue weighted by molar-refractivity contribution is 0.00578. The van der Waals surface area contributed by atoms with Crippen LogP contribution < -0.4 is 5.46 Å². The average Bonchev–Trinajstić information content (AvgIpc) is 1.65. The minimum Gasteiger partial charge on any atom is -0.399 e. The van der Waals surface area contributed by atoms with Crippen molar-refractivity contribution in [3.63, 3.8) is 0 Å². The molecule has 1 aliphatic heterocycles. The molecule has 0 unspecified atom stereocenters. The molecule has 1 aliphatic rings. The van der Waals surface area contributed by atoms with Crippen molar-refractivity contribution in [1.29, 1.82) is 0 Å². The number of hydrogen-bond donors (Lipinski definition) is 0. The zero-order valence-electron chi connectivity index (χ0n) is 72.0. The number of rotatable bonds is 18. The summed E-state index contributed by atoms with van der Waals surface area (Å²) < 4.78 is 12.6. The minimum absolute atomic E-state index is 0.401. The lowest BCUT2D eigenvalue weighted by Crippen LogP contribution is -2.41. The third-order valence-corrected chi connectivity index (χ3v) is 23.5. The first-order valence-electron chi connectivity index (χ1n) is 43.3. The van der Waals surface area contributed by atoms with E-state index in [1.807, 2.05) is 194 Å². The van der Waals surface area contributed by atoms with Gasteiger partial charge in [-0.3, -0.25) is 0 Å². The highest BCUT2D eigenvalue weighted by atomic mass is 35.5. The molecule has 0 N–H and O–H groups in total. The molecule has 0 spiro atoms. The average molecular weight is 1700 g/mol. The molecule has 0 radical (unpaired) electrons. The summed E-state index contributed by atoms with van der Waals surface area (Å²) in [7, 11) is -0.435. The molecule has 4 aromatic heterocycles. The maximum absolute atomic E-state index is 6.32. The van der Waals surface area contributed by atoms with E-state index in [9.17, 15) is 0 Å². The van der Waals surface area contributed by atoms with Crippen molar-refractivity contribution in [1.82, 2.24) is 49.8 Å². The predicted octanol–water partition coefficient (Wildman–Crippen LogP) is 28.3. The van der Waals surface area contributed by atoms with Crippen LogP contribution in [0.1, 0.15) is 27.7 Å². The van der Waals surface area contributed by atoms with E-state index in [0.29, 0.717) is 51.6 Å². The second kappa shape index (κ2) is 38.0. The van der Waals surface area contributed by atoms with Crippen molar-refractivity contribution >= 4 is 24.2 Å². The van der Waals surface area contributed by atoms with Crippen LogP contribution in [-0.4, -0.2) is 68.2 Å². The molecule has 130 heavy (non-hydrogen) atoms. The highest BCUT2D eigenvalue weighted by Crippen LogP contribution is 2.40. The smallest absolute Gasteiger partial charge is 0.399 e. The van der Waals surface area contributed by atoms with Gasteiger partial charge in [-0.15, -0.1) is 0 Å². The predicted molar refractivity (Wildman–Crippen MR) is 530 cm³/mol. The zero-order valence-corrected chi connectivity index (χ0v) is 72.7. The van der Waals surface area contributed by atoms with E-state index in [1.54, 1.807) is 0 Å². The number of nitrogens with zero attached hydrogens (tertiary/aromatic N) is 10. The van der Waals surface area contributed by atoms with Gasteiger partial charge in [0.05, 0.1) is 34.0 Å². The van der Waals surface area contributed by atoms with Crippen LogP contribution in [0, 0.1) is 0 Å². The van der Waals surface area contributed by atoms with Crippen LogP contribution in [0.2, 0.25) is 5.02 Å². The van der Waals surface area contributed by atoms with Gasteiger partial charge in [0, 0.05) is 66.2 Å². The monoisotopic (exact) mass is 1700 g/mol. The van der Waals surface area contributed by atoms with Crippen LogP contribution in [0.4, 0.5) is 0 Å². The van der Waals surface area contributed by atoms with Crippen molar-refractivity contribution in [2.75, 3.05) is 0 Å². The Morgan fingerprint density at radius 3 is 0.685 bits per heavy atom. The quantitative estimate of drug-likeness (QED) is 0.0753. The summed E-state index contributed by atoms with van der Waals surface area (Å²) in [5.41, 5.74) is 26.4. The van der Waals surface area contributed by atoms with Crippen LogP contribution in [-0.2, 0) is 9.31 Å². The van der Waals surface area contributed by atoms with Crippen LogP contribution in [0.25, 0.3) is 192 Å². The Morgan fingerprint density at radius 2 is 0.369 bits per heavy atom. The first kappa shape index (κ1) is 83.5. The SMILES string of the molecule is CC1(C)OB(c2cccc(-c3cc(-c4ccc(-c5ccccc5)cc4)nc(-c4ccccc4)n3)c2)OC1(C)C.Clc1cccc(-c2nc(-c3ccccc3)nc(-c3cccc(-c4ccccc4)c3)n2)c1.c1ccc(-c2ccc(-c3cc(-c4cccc(-c5cccc(-c6nc(-c7ccccc7)nc(-c7cccc(-c8ccccc8)c7)n6)c5)c4)nc(-c4ccccc4)n3)cc2)cc1. The van der Waals surface area contributed by atoms with Gasteiger partial charge in [0.1, 0.15) is 0 Å². The van der Waals surface area contributed by atoms with Crippen molar-refractivity contribution in [2.45, 2.75) is 38.9 Å². The zero-order chi connectivity index (χ0) is 88.2. The van der Waals surface area contributed by atoms with E-state index in [4.69, 9.17) is 70.7 Å². The largest absolute Gasteiger partial charge is 0.494 e. The molecule has 21 rings (SSSR count). The van der Waals surface area contributed by atoms with Crippen LogP contribution >= 0.6 is 11.6 Å². The Balaban J connectivity index is 0.000000135. The fraction of sp³-hybridized carbons (Fsp3) is 0.0517. The van der Waals surface area contributed by atoms with E-state index >= 15 is 0 Å². The molecule has 0 saturated carbocycles. The van der Waals surface area contributed by atoms with E-state index in [1.165, 1.54) is 16.7 Å². The summed E-state index contributed by atoms with van der Waals surface area (Å²) in [4.78, 5) is 49.7. The van der Waals surface area contributed by atoms with E-state index in [-0.39, 0.29) is 0 Å². The fourth-order valence-electron chi connectivity index (χ4n) is 15.6. The maximum atomic E-state index is 6.32.